The molecule has 0 aliphatic heterocycles. The molecule has 0 saturated carbocycles. The van der Waals surface area contributed by atoms with Gasteiger partial charge in [0.05, 0.1) is 12.2 Å². The van der Waals surface area contributed by atoms with Gasteiger partial charge in [0.1, 0.15) is 0 Å². The second-order valence-corrected chi connectivity index (χ2v) is 5.79. The van der Waals surface area contributed by atoms with Crippen LogP contribution in [0.3, 0.4) is 0 Å². The minimum atomic E-state index is -2.41. The monoisotopic (exact) mass is 304 g/mol. The van der Waals surface area contributed by atoms with Crippen molar-refractivity contribution in [2.45, 2.75) is 45.8 Å². The summed E-state index contributed by atoms with van der Waals surface area (Å²) >= 11 is 0. The molecule has 0 aliphatic rings. The lowest BCUT2D eigenvalue weighted by Gasteiger charge is -2.17. The van der Waals surface area contributed by atoms with Crippen molar-refractivity contribution in [1.82, 2.24) is 0 Å². The Morgan fingerprint density at radius 1 is 0.864 bits per heavy atom. The Labute approximate surface area is 130 Å². The number of hydrogen-bond donors (Lipinski definition) is 0. The summed E-state index contributed by atoms with van der Waals surface area (Å²) in [5.74, 6) is 0. The van der Waals surface area contributed by atoms with Crippen LogP contribution in [0, 0.1) is 0 Å². The molecule has 2 aromatic rings. The van der Waals surface area contributed by atoms with E-state index >= 15 is 0 Å². The zero-order valence-corrected chi connectivity index (χ0v) is 13.2. The van der Waals surface area contributed by atoms with E-state index in [1.165, 1.54) is 12.1 Å². The van der Waals surface area contributed by atoms with Crippen molar-refractivity contribution >= 4 is 0 Å². The van der Waals surface area contributed by atoms with Gasteiger partial charge in [0.15, 0.2) is 0 Å². The van der Waals surface area contributed by atoms with E-state index < -0.39 is 6.43 Å². The highest BCUT2D eigenvalue weighted by atomic mass is 19.3. The van der Waals surface area contributed by atoms with Crippen molar-refractivity contribution < 1.29 is 13.5 Å². The van der Waals surface area contributed by atoms with Crippen LogP contribution in [-0.4, -0.2) is 6.10 Å². The van der Waals surface area contributed by atoms with Crippen LogP contribution in [0.15, 0.2) is 48.5 Å². The van der Waals surface area contributed by atoms with E-state index in [2.05, 4.69) is 12.1 Å². The average molecular weight is 304 g/mol. The molecular formula is C19H22F2O. The van der Waals surface area contributed by atoms with Crippen molar-refractivity contribution in [1.29, 1.82) is 0 Å². The summed E-state index contributed by atoms with van der Waals surface area (Å²) in [4.78, 5) is 0. The highest BCUT2D eigenvalue weighted by Crippen LogP contribution is 2.22. The summed E-state index contributed by atoms with van der Waals surface area (Å²) < 4.78 is 30.9. The number of benzene rings is 2. The first-order valence-corrected chi connectivity index (χ1v) is 7.57. The summed E-state index contributed by atoms with van der Waals surface area (Å²) in [6, 6.07) is 14.8. The van der Waals surface area contributed by atoms with E-state index in [9.17, 15) is 8.78 Å². The van der Waals surface area contributed by atoms with Gasteiger partial charge in [-0.2, -0.15) is 0 Å². The van der Waals surface area contributed by atoms with Gasteiger partial charge in [-0.15, -0.1) is 0 Å². The number of rotatable bonds is 6. The quantitative estimate of drug-likeness (QED) is 0.665. The van der Waals surface area contributed by atoms with Gasteiger partial charge in [0.25, 0.3) is 6.43 Å². The zero-order valence-electron chi connectivity index (χ0n) is 13.2. The van der Waals surface area contributed by atoms with Crippen LogP contribution in [0.25, 0.3) is 0 Å². The summed E-state index contributed by atoms with van der Waals surface area (Å²) in [7, 11) is 0. The van der Waals surface area contributed by atoms with Gasteiger partial charge >= 0.3 is 0 Å². The van der Waals surface area contributed by atoms with E-state index in [1.807, 2.05) is 32.9 Å². The van der Waals surface area contributed by atoms with Gasteiger partial charge in [-0.25, -0.2) is 8.78 Å². The number of halogens is 2. The molecule has 1 nitrogen and oxygen atoms in total. The SMILES string of the molecule is CC(C)OC(C)c1cccc(Cc2ccc(C(F)F)cc2)c1. The maximum Gasteiger partial charge on any atom is 0.263 e. The van der Waals surface area contributed by atoms with E-state index in [-0.39, 0.29) is 17.8 Å². The third-order valence-electron chi connectivity index (χ3n) is 3.54. The number of hydrogen-bond acceptors (Lipinski definition) is 1. The predicted molar refractivity (Wildman–Crippen MR) is 85.3 cm³/mol. The van der Waals surface area contributed by atoms with E-state index in [0.717, 1.165) is 23.1 Å². The molecule has 2 aromatic carbocycles. The van der Waals surface area contributed by atoms with Crippen LogP contribution in [0.2, 0.25) is 0 Å². The third kappa shape index (κ3) is 4.63. The summed E-state index contributed by atoms with van der Waals surface area (Å²) in [6.45, 7) is 6.08. The molecule has 1 unspecified atom stereocenters. The molecule has 118 valence electrons. The predicted octanol–water partition coefficient (Wildman–Crippen LogP) is 5.70. The van der Waals surface area contributed by atoms with Crippen LogP contribution >= 0.6 is 0 Å². The Balaban J connectivity index is 2.09. The smallest absolute Gasteiger partial charge is 0.263 e. The highest BCUT2D eigenvalue weighted by molar-refractivity contribution is 5.32. The molecule has 0 saturated heterocycles. The standard InChI is InChI=1S/C19H22F2O/c1-13(2)22-14(3)18-6-4-5-16(12-18)11-15-7-9-17(10-8-15)19(20)21/h4-10,12-14,19H,11H2,1-3H3. The minimum Gasteiger partial charge on any atom is -0.371 e. The van der Waals surface area contributed by atoms with E-state index in [0.29, 0.717) is 0 Å². The van der Waals surface area contributed by atoms with Gasteiger partial charge < -0.3 is 4.74 Å². The minimum absolute atomic E-state index is 0.0427. The van der Waals surface area contributed by atoms with Crippen molar-refractivity contribution in [3.8, 4) is 0 Å². The molecule has 0 heterocycles. The van der Waals surface area contributed by atoms with Gasteiger partial charge in [-0.1, -0.05) is 48.5 Å². The molecule has 2 rings (SSSR count). The lowest BCUT2D eigenvalue weighted by Crippen LogP contribution is -2.07. The maximum absolute atomic E-state index is 12.6. The molecule has 0 fully saturated rings. The van der Waals surface area contributed by atoms with Crippen molar-refractivity contribution in [2.75, 3.05) is 0 Å². The number of alkyl halides is 2. The second kappa shape index (κ2) is 7.50. The van der Waals surface area contributed by atoms with Gasteiger partial charge in [0, 0.05) is 5.56 Å². The van der Waals surface area contributed by atoms with Crippen molar-refractivity contribution in [3.05, 3.63) is 70.8 Å². The zero-order chi connectivity index (χ0) is 16.1. The van der Waals surface area contributed by atoms with Crippen molar-refractivity contribution in [3.63, 3.8) is 0 Å². The molecule has 0 aliphatic carbocycles. The average Bonchev–Trinajstić information content (AvgIpc) is 2.47. The van der Waals surface area contributed by atoms with Crippen LogP contribution in [0.1, 0.15) is 55.6 Å². The molecule has 0 amide bonds. The Bertz CT molecular complexity index is 591. The molecule has 0 radical (unpaired) electrons. The lowest BCUT2D eigenvalue weighted by molar-refractivity contribution is 0.0178. The first-order valence-electron chi connectivity index (χ1n) is 7.57. The Hall–Kier alpha value is -1.74. The molecule has 0 spiro atoms. The first kappa shape index (κ1) is 16.6. The van der Waals surface area contributed by atoms with Crippen LogP contribution in [0.5, 0.6) is 0 Å². The normalized spacial score (nSPS) is 12.9. The Morgan fingerprint density at radius 2 is 1.55 bits per heavy atom. The topological polar surface area (TPSA) is 9.23 Å². The molecular weight excluding hydrogens is 282 g/mol. The first-order chi connectivity index (χ1) is 10.5. The second-order valence-electron chi connectivity index (χ2n) is 5.79. The van der Waals surface area contributed by atoms with Crippen LogP contribution in [0.4, 0.5) is 8.78 Å². The highest BCUT2D eigenvalue weighted by Gasteiger charge is 2.09. The van der Waals surface area contributed by atoms with Crippen LogP contribution in [-0.2, 0) is 11.2 Å². The van der Waals surface area contributed by atoms with Gasteiger partial charge in [-0.3, -0.25) is 0 Å². The number of ether oxygens (including phenoxy) is 1. The fourth-order valence-corrected chi connectivity index (χ4v) is 2.46. The van der Waals surface area contributed by atoms with Gasteiger partial charge in [0.2, 0.25) is 0 Å². The molecule has 1 atom stereocenters. The summed E-state index contributed by atoms with van der Waals surface area (Å²) in [5, 5.41) is 0. The summed E-state index contributed by atoms with van der Waals surface area (Å²) in [6.07, 6.45) is -1.46. The van der Waals surface area contributed by atoms with Gasteiger partial charge in [-0.05, 0) is 43.9 Å². The lowest BCUT2D eigenvalue weighted by atomic mass is 10.00. The molecule has 0 N–H and O–H groups in total. The molecule has 0 bridgehead atoms. The van der Waals surface area contributed by atoms with E-state index in [1.54, 1.807) is 12.1 Å². The summed E-state index contributed by atoms with van der Waals surface area (Å²) in [5.41, 5.74) is 3.38. The third-order valence-corrected chi connectivity index (χ3v) is 3.54. The molecule has 22 heavy (non-hydrogen) atoms. The maximum atomic E-state index is 12.6. The largest absolute Gasteiger partial charge is 0.371 e. The molecule has 3 heteroatoms. The van der Waals surface area contributed by atoms with Crippen molar-refractivity contribution in [2.24, 2.45) is 0 Å². The fraction of sp³-hybridized carbons (Fsp3) is 0.368. The molecule has 0 aromatic heterocycles. The fourth-order valence-electron chi connectivity index (χ4n) is 2.46. The Morgan fingerprint density at radius 3 is 2.14 bits per heavy atom. The van der Waals surface area contributed by atoms with Crippen LogP contribution < -0.4 is 0 Å². The Kier molecular flexibility index (Phi) is 5.67. The van der Waals surface area contributed by atoms with E-state index in [4.69, 9.17) is 4.74 Å².